The smallest absolute Gasteiger partial charge is 0.266 e. The Kier molecular flexibility index (Phi) is 8.26. The maximum absolute atomic E-state index is 13.1. The Morgan fingerprint density at radius 3 is 2.38 bits per heavy atom. The standard InChI is InChI=1S/C25H19FI2N2O2/c1-15-3-4-16(2)23(9-15)30-25(31)19(13-29)10-18-11-21(27)24(22(28)12-18)32-14-17-5-7-20(26)8-6-17/h3-12H,14H2,1-2H3,(H,30,31)/b19-10+. The number of ether oxygens (including phenoxy) is 1. The summed E-state index contributed by atoms with van der Waals surface area (Å²) in [4.78, 5) is 12.7. The van der Waals surface area contributed by atoms with E-state index in [0.717, 1.165) is 29.4 Å². The summed E-state index contributed by atoms with van der Waals surface area (Å²) in [6.07, 6.45) is 1.56. The van der Waals surface area contributed by atoms with Crippen LogP contribution in [0.1, 0.15) is 22.3 Å². The van der Waals surface area contributed by atoms with Crippen molar-refractivity contribution in [1.29, 1.82) is 5.26 Å². The monoisotopic (exact) mass is 652 g/mol. The zero-order chi connectivity index (χ0) is 23.3. The number of rotatable bonds is 6. The highest BCUT2D eigenvalue weighted by molar-refractivity contribution is 14.1. The number of nitrogens with zero attached hydrogens (tertiary/aromatic N) is 1. The lowest BCUT2D eigenvalue weighted by Crippen LogP contribution is -2.14. The van der Waals surface area contributed by atoms with Gasteiger partial charge in [-0.3, -0.25) is 4.79 Å². The minimum atomic E-state index is -0.456. The minimum absolute atomic E-state index is 0.0116. The van der Waals surface area contributed by atoms with Gasteiger partial charge in [0.25, 0.3) is 5.91 Å². The molecule has 3 rings (SSSR count). The molecule has 0 aromatic heterocycles. The number of halogens is 3. The van der Waals surface area contributed by atoms with E-state index in [2.05, 4.69) is 50.5 Å². The fraction of sp³-hybridized carbons (Fsp3) is 0.120. The highest BCUT2D eigenvalue weighted by Crippen LogP contribution is 2.30. The van der Waals surface area contributed by atoms with Crippen molar-refractivity contribution in [3.63, 3.8) is 0 Å². The number of benzene rings is 3. The summed E-state index contributed by atoms with van der Waals surface area (Å²) in [6.45, 7) is 4.16. The Morgan fingerprint density at radius 1 is 1.09 bits per heavy atom. The van der Waals surface area contributed by atoms with Crippen LogP contribution in [0, 0.1) is 38.1 Å². The molecule has 0 spiro atoms. The van der Waals surface area contributed by atoms with E-state index in [4.69, 9.17) is 4.74 Å². The molecule has 0 aliphatic heterocycles. The molecule has 3 aromatic rings. The van der Waals surface area contributed by atoms with Gasteiger partial charge in [-0.2, -0.15) is 5.26 Å². The molecule has 1 amide bonds. The molecule has 0 aliphatic carbocycles. The van der Waals surface area contributed by atoms with Gasteiger partial charge in [0.15, 0.2) is 0 Å². The van der Waals surface area contributed by atoms with Crippen molar-refractivity contribution in [3.8, 4) is 11.8 Å². The predicted molar refractivity (Wildman–Crippen MR) is 141 cm³/mol. The van der Waals surface area contributed by atoms with E-state index in [1.807, 2.05) is 50.2 Å². The zero-order valence-electron chi connectivity index (χ0n) is 17.4. The number of hydrogen-bond donors (Lipinski definition) is 1. The Morgan fingerprint density at radius 2 is 1.75 bits per heavy atom. The molecule has 0 unspecified atom stereocenters. The van der Waals surface area contributed by atoms with E-state index in [-0.39, 0.29) is 11.4 Å². The third-order valence-electron chi connectivity index (χ3n) is 4.63. The maximum Gasteiger partial charge on any atom is 0.266 e. The van der Waals surface area contributed by atoms with Crippen LogP contribution in [0.2, 0.25) is 0 Å². The third-order valence-corrected chi connectivity index (χ3v) is 6.24. The van der Waals surface area contributed by atoms with Crippen LogP contribution in [0.3, 0.4) is 0 Å². The number of aryl methyl sites for hydroxylation is 2. The second-order valence-electron chi connectivity index (χ2n) is 7.17. The molecular weight excluding hydrogens is 633 g/mol. The summed E-state index contributed by atoms with van der Waals surface area (Å²) in [5, 5.41) is 12.4. The Balaban J connectivity index is 1.78. The lowest BCUT2D eigenvalue weighted by molar-refractivity contribution is -0.112. The Bertz CT molecular complexity index is 1210. The van der Waals surface area contributed by atoms with E-state index in [1.165, 1.54) is 12.1 Å². The van der Waals surface area contributed by atoms with Crippen LogP contribution in [-0.2, 0) is 11.4 Å². The molecule has 0 heterocycles. The highest BCUT2D eigenvalue weighted by Gasteiger charge is 2.14. The van der Waals surface area contributed by atoms with Gasteiger partial charge < -0.3 is 10.1 Å². The van der Waals surface area contributed by atoms with Crippen molar-refractivity contribution < 1.29 is 13.9 Å². The topological polar surface area (TPSA) is 62.1 Å². The number of amides is 1. The molecule has 0 fully saturated rings. The van der Waals surface area contributed by atoms with Crippen LogP contribution in [0.25, 0.3) is 6.08 Å². The molecule has 4 nitrogen and oxygen atoms in total. The molecular formula is C25H19FI2N2O2. The first-order chi connectivity index (χ1) is 15.3. The summed E-state index contributed by atoms with van der Waals surface area (Å²) < 4.78 is 20.7. The zero-order valence-corrected chi connectivity index (χ0v) is 21.7. The first kappa shape index (κ1) is 24.2. The second kappa shape index (κ2) is 10.9. The van der Waals surface area contributed by atoms with E-state index >= 15 is 0 Å². The molecule has 32 heavy (non-hydrogen) atoms. The number of carbonyl (C=O) groups excluding carboxylic acids is 1. The van der Waals surface area contributed by atoms with Crippen molar-refractivity contribution in [2.45, 2.75) is 20.5 Å². The lowest BCUT2D eigenvalue weighted by atomic mass is 10.1. The van der Waals surface area contributed by atoms with Gasteiger partial charge in [-0.1, -0.05) is 24.3 Å². The van der Waals surface area contributed by atoms with E-state index in [0.29, 0.717) is 18.0 Å². The van der Waals surface area contributed by atoms with Crippen LogP contribution >= 0.6 is 45.2 Å². The summed E-state index contributed by atoms with van der Waals surface area (Å²) in [5.41, 5.74) is 4.22. The van der Waals surface area contributed by atoms with Crippen LogP contribution in [0.5, 0.6) is 5.75 Å². The number of hydrogen-bond acceptors (Lipinski definition) is 3. The Hall–Kier alpha value is -2.45. The summed E-state index contributed by atoms with van der Waals surface area (Å²) in [6, 6.07) is 17.6. The van der Waals surface area contributed by atoms with Crippen molar-refractivity contribution in [1.82, 2.24) is 0 Å². The van der Waals surface area contributed by atoms with E-state index in [9.17, 15) is 14.4 Å². The molecule has 7 heteroatoms. The fourth-order valence-electron chi connectivity index (χ4n) is 2.91. The SMILES string of the molecule is Cc1ccc(C)c(NC(=O)/C(C#N)=C/c2cc(I)c(OCc3ccc(F)cc3)c(I)c2)c1. The second-order valence-corrected chi connectivity index (χ2v) is 9.50. The van der Waals surface area contributed by atoms with Crippen molar-refractivity contribution in [3.05, 3.63) is 95.4 Å². The number of nitrogens with one attached hydrogen (secondary N) is 1. The quantitative estimate of drug-likeness (QED) is 0.182. The van der Waals surface area contributed by atoms with Crippen molar-refractivity contribution in [2.24, 2.45) is 0 Å². The molecule has 0 radical (unpaired) electrons. The first-order valence-electron chi connectivity index (χ1n) is 9.63. The third kappa shape index (κ3) is 6.29. The number of carbonyl (C=O) groups is 1. The number of anilines is 1. The molecule has 0 bridgehead atoms. The van der Waals surface area contributed by atoms with Gasteiger partial charge in [0.05, 0.1) is 7.14 Å². The van der Waals surface area contributed by atoms with Gasteiger partial charge in [0.2, 0.25) is 0 Å². The average Bonchev–Trinajstić information content (AvgIpc) is 2.75. The fourth-order valence-corrected chi connectivity index (χ4v) is 5.04. The number of nitriles is 1. The van der Waals surface area contributed by atoms with Crippen LogP contribution in [0.15, 0.2) is 60.2 Å². The van der Waals surface area contributed by atoms with Crippen LogP contribution < -0.4 is 10.1 Å². The lowest BCUT2D eigenvalue weighted by Gasteiger charge is -2.12. The van der Waals surface area contributed by atoms with Gasteiger partial charge in [0, 0.05) is 5.69 Å². The minimum Gasteiger partial charge on any atom is -0.487 e. The van der Waals surface area contributed by atoms with Crippen molar-refractivity contribution >= 4 is 62.9 Å². The van der Waals surface area contributed by atoms with Crippen molar-refractivity contribution in [2.75, 3.05) is 5.32 Å². The summed E-state index contributed by atoms with van der Waals surface area (Å²) in [7, 11) is 0. The molecule has 3 aromatic carbocycles. The predicted octanol–water partition coefficient (Wildman–Crippen LogP) is 6.78. The maximum atomic E-state index is 13.1. The average molecular weight is 652 g/mol. The van der Waals surface area contributed by atoms with E-state index < -0.39 is 5.91 Å². The largest absolute Gasteiger partial charge is 0.487 e. The molecule has 0 atom stereocenters. The molecule has 0 saturated carbocycles. The highest BCUT2D eigenvalue weighted by atomic mass is 127. The van der Waals surface area contributed by atoms with Gasteiger partial charge in [0.1, 0.15) is 29.8 Å². The normalized spacial score (nSPS) is 11.1. The Labute approximate surface area is 213 Å². The summed E-state index contributed by atoms with van der Waals surface area (Å²) in [5.74, 6) is -0.0437. The van der Waals surface area contributed by atoms with E-state index in [1.54, 1.807) is 18.2 Å². The van der Waals surface area contributed by atoms with Gasteiger partial charge >= 0.3 is 0 Å². The molecule has 162 valence electrons. The van der Waals surface area contributed by atoms with Gasteiger partial charge in [-0.05, 0) is 118 Å². The molecule has 0 aliphatic rings. The first-order valence-corrected chi connectivity index (χ1v) is 11.8. The van der Waals surface area contributed by atoms with Gasteiger partial charge in [-0.25, -0.2) is 4.39 Å². The molecule has 0 saturated heterocycles. The summed E-state index contributed by atoms with van der Waals surface area (Å²) >= 11 is 4.32. The van der Waals surface area contributed by atoms with Gasteiger partial charge in [-0.15, -0.1) is 0 Å². The van der Waals surface area contributed by atoms with Crippen LogP contribution in [0.4, 0.5) is 10.1 Å². The van der Waals surface area contributed by atoms with Crippen LogP contribution in [-0.4, -0.2) is 5.91 Å². The molecule has 1 N–H and O–H groups in total.